The van der Waals surface area contributed by atoms with Gasteiger partial charge >= 0.3 is 0 Å². The molecule has 0 aromatic carbocycles. The minimum Gasteiger partial charge on any atom is -0.350 e. The highest BCUT2D eigenvalue weighted by Gasteiger charge is 2.18. The third-order valence-corrected chi connectivity index (χ3v) is 2.70. The maximum Gasteiger partial charge on any atom is 0.217 e. The fraction of sp³-hybridized carbons (Fsp3) is 0.400. The van der Waals surface area contributed by atoms with Gasteiger partial charge in [0.25, 0.3) is 0 Å². The van der Waals surface area contributed by atoms with Crippen LogP contribution in [0, 0.1) is 5.92 Å². The van der Waals surface area contributed by atoms with Crippen molar-refractivity contribution in [2.75, 3.05) is 0 Å². The van der Waals surface area contributed by atoms with Gasteiger partial charge in [-0.3, -0.25) is 4.79 Å². The topological polar surface area (TPSA) is 29.1 Å². The van der Waals surface area contributed by atoms with Gasteiger partial charge in [-0.25, -0.2) is 0 Å². The van der Waals surface area contributed by atoms with E-state index in [4.69, 9.17) is 0 Å². The van der Waals surface area contributed by atoms with Crippen molar-refractivity contribution in [1.82, 2.24) is 5.32 Å². The Morgan fingerprint density at radius 2 is 2.00 bits per heavy atom. The van der Waals surface area contributed by atoms with Gasteiger partial charge in [-0.2, -0.15) is 0 Å². The monoisotopic (exact) mass is 231 g/mol. The number of fused-ring (bicyclic) bond motifs is 1. The van der Waals surface area contributed by atoms with Crippen LogP contribution < -0.4 is 5.32 Å². The van der Waals surface area contributed by atoms with Crippen LogP contribution in [0.4, 0.5) is 0 Å². The molecule has 2 heteroatoms. The zero-order chi connectivity index (χ0) is 12.7. The largest absolute Gasteiger partial charge is 0.350 e. The summed E-state index contributed by atoms with van der Waals surface area (Å²) in [6.07, 6.45) is 15.6. The van der Waals surface area contributed by atoms with E-state index in [9.17, 15) is 4.79 Å². The van der Waals surface area contributed by atoms with Crippen molar-refractivity contribution in [3.63, 3.8) is 0 Å². The summed E-state index contributed by atoms with van der Waals surface area (Å²) in [5.41, 5.74) is 1.32. The predicted molar refractivity (Wildman–Crippen MR) is 72.6 cm³/mol. The van der Waals surface area contributed by atoms with Crippen LogP contribution in [0.2, 0.25) is 0 Å². The van der Waals surface area contributed by atoms with E-state index >= 15 is 0 Å². The first kappa shape index (κ1) is 13.5. The Morgan fingerprint density at radius 3 is 2.71 bits per heavy atom. The van der Waals surface area contributed by atoms with Gasteiger partial charge in [0.2, 0.25) is 5.91 Å². The number of carbonyl (C=O) groups excluding carboxylic acids is 1. The zero-order valence-electron chi connectivity index (χ0n) is 10.8. The highest BCUT2D eigenvalue weighted by molar-refractivity contribution is 5.73. The van der Waals surface area contributed by atoms with E-state index < -0.39 is 0 Å². The third kappa shape index (κ3) is 4.06. The second kappa shape index (κ2) is 6.89. The van der Waals surface area contributed by atoms with Crippen LogP contribution >= 0.6 is 0 Å². The average molecular weight is 231 g/mol. The number of hydrogen-bond acceptors (Lipinski definition) is 1. The lowest BCUT2D eigenvalue weighted by atomic mass is 9.90. The van der Waals surface area contributed by atoms with Crippen LogP contribution in [0.25, 0.3) is 0 Å². The Kier molecular flexibility index (Phi) is 5.47. The fourth-order valence-corrected chi connectivity index (χ4v) is 2.01. The molecule has 1 N–H and O–H groups in total. The Balaban J connectivity index is 0.000000686. The highest BCUT2D eigenvalue weighted by Crippen LogP contribution is 2.26. The molecular formula is C15H21NO. The summed E-state index contributed by atoms with van der Waals surface area (Å²) in [6.45, 7) is 5.56. The van der Waals surface area contributed by atoms with Gasteiger partial charge in [-0.1, -0.05) is 56.4 Å². The second-order valence-electron chi connectivity index (χ2n) is 3.94. The molecule has 1 amide bonds. The summed E-state index contributed by atoms with van der Waals surface area (Å²) in [4.78, 5) is 11.0. The van der Waals surface area contributed by atoms with E-state index in [-0.39, 0.29) is 11.9 Å². The number of amides is 1. The predicted octanol–water partition coefficient (Wildman–Crippen LogP) is 3.15. The first-order chi connectivity index (χ1) is 8.25. The molecule has 0 aromatic heterocycles. The lowest BCUT2D eigenvalue weighted by Crippen LogP contribution is -2.32. The molecule has 2 nitrogen and oxygen atoms in total. The van der Waals surface area contributed by atoms with Gasteiger partial charge < -0.3 is 5.32 Å². The molecule has 2 aliphatic carbocycles. The molecule has 0 fully saturated rings. The van der Waals surface area contributed by atoms with Crippen LogP contribution in [0.3, 0.4) is 0 Å². The van der Waals surface area contributed by atoms with Crippen molar-refractivity contribution in [2.24, 2.45) is 5.92 Å². The molecular weight excluding hydrogens is 210 g/mol. The Hall–Kier alpha value is -1.57. The van der Waals surface area contributed by atoms with Crippen molar-refractivity contribution in [3.8, 4) is 0 Å². The van der Waals surface area contributed by atoms with Crippen molar-refractivity contribution in [1.29, 1.82) is 0 Å². The van der Waals surface area contributed by atoms with Gasteiger partial charge in [-0.15, -0.1) is 0 Å². The average Bonchev–Trinajstić information content (AvgIpc) is 2.52. The lowest BCUT2D eigenvalue weighted by molar-refractivity contribution is -0.119. The molecule has 92 valence electrons. The highest BCUT2D eigenvalue weighted by atomic mass is 16.1. The standard InChI is InChI=1S/C13H15NO.C2H6/c1-10(15)14-13-8-4-7-11-5-2-3-6-12(11)9-13;1-2/h2-8,12-13H,9H2,1H3,(H,14,15);1-2H3. The number of allylic oxidation sites excluding steroid dienone is 7. The third-order valence-electron chi connectivity index (χ3n) is 2.70. The summed E-state index contributed by atoms with van der Waals surface area (Å²) in [5, 5.41) is 2.94. The lowest BCUT2D eigenvalue weighted by Gasteiger charge is -2.20. The molecule has 2 rings (SSSR count). The molecule has 0 aromatic rings. The van der Waals surface area contributed by atoms with Crippen LogP contribution in [-0.4, -0.2) is 11.9 Å². The van der Waals surface area contributed by atoms with E-state index in [2.05, 4.69) is 41.8 Å². The van der Waals surface area contributed by atoms with Crippen molar-refractivity contribution in [3.05, 3.63) is 48.1 Å². The summed E-state index contributed by atoms with van der Waals surface area (Å²) < 4.78 is 0. The van der Waals surface area contributed by atoms with Gasteiger partial charge in [0.1, 0.15) is 0 Å². The molecule has 2 unspecified atom stereocenters. The minimum atomic E-state index is 0.0310. The number of carbonyl (C=O) groups is 1. The molecule has 17 heavy (non-hydrogen) atoms. The Morgan fingerprint density at radius 1 is 1.24 bits per heavy atom. The van der Waals surface area contributed by atoms with E-state index in [1.807, 2.05) is 19.9 Å². The molecule has 2 atom stereocenters. The molecule has 0 radical (unpaired) electrons. The van der Waals surface area contributed by atoms with Crippen LogP contribution in [-0.2, 0) is 4.79 Å². The second-order valence-corrected chi connectivity index (χ2v) is 3.94. The maximum atomic E-state index is 11.0. The van der Waals surface area contributed by atoms with E-state index in [0.717, 1.165) is 6.42 Å². The first-order valence-electron chi connectivity index (χ1n) is 6.26. The SMILES string of the molecule is CC.CC(=O)NC1C=CC=C2C=CC=CC2C1. The van der Waals surface area contributed by atoms with Crippen LogP contribution in [0.15, 0.2) is 48.1 Å². The number of nitrogens with one attached hydrogen (secondary N) is 1. The molecule has 0 spiro atoms. The fourth-order valence-electron chi connectivity index (χ4n) is 2.01. The van der Waals surface area contributed by atoms with Crippen LogP contribution in [0.5, 0.6) is 0 Å². The van der Waals surface area contributed by atoms with Gasteiger partial charge in [0.15, 0.2) is 0 Å². The van der Waals surface area contributed by atoms with Crippen molar-refractivity contribution >= 4 is 5.91 Å². The van der Waals surface area contributed by atoms with Gasteiger partial charge in [0.05, 0.1) is 0 Å². The molecule has 0 heterocycles. The number of hydrogen-bond donors (Lipinski definition) is 1. The molecule has 0 aliphatic heterocycles. The number of rotatable bonds is 1. The van der Waals surface area contributed by atoms with Crippen LogP contribution in [0.1, 0.15) is 27.2 Å². The normalized spacial score (nSPS) is 25.0. The minimum absolute atomic E-state index is 0.0310. The van der Waals surface area contributed by atoms with Gasteiger partial charge in [0, 0.05) is 18.9 Å². The van der Waals surface area contributed by atoms with E-state index in [1.54, 1.807) is 6.92 Å². The van der Waals surface area contributed by atoms with E-state index in [0.29, 0.717) is 5.92 Å². The Bertz CT molecular complexity index is 374. The summed E-state index contributed by atoms with van der Waals surface area (Å²) in [6, 6.07) is 0.150. The van der Waals surface area contributed by atoms with Crippen molar-refractivity contribution in [2.45, 2.75) is 33.2 Å². The molecule has 2 aliphatic rings. The Labute approximate surface area is 104 Å². The van der Waals surface area contributed by atoms with Crippen molar-refractivity contribution < 1.29 is 4.79 Å². The maximum absolute atomic E-state index is 11.0. The summed E-state index contributed by atoms with van der Waals surface area (Å²) in [5.74, 6) is 0.463. The quantitative estimate of drug-likeness (QED) is 0.738. The smallest absolute Gasteiger partial charge is 0.217 e. The first-order valence-corrected chi connectivity index (χ1v) is 6.26. The molecule has 0 bridgehead atoms. The van der Waals surface area contributed by atoms with E-state index in [1.165, 1.54) is 5.57 Å². The zero-order valence-corrected chi connectivity index (χ0v) is 10.8. The molecule has 0 saturated heterocycles. The molecule has 0 saturated carbocycles. The summed E-state index contributed by atoms with van der Waals surface area (Å²) >= 11 is 0. The van der Waals surface area contributed by atoms with Gasteiger partial charge in [-0.05, 0) is 12.0 Å². The summed E-state index contributed by atoms with van der Waals surface area (Å²) in [7, 11) is 0.